The fraction of sp³-hybridized carbons (Fsp3) is 0.0435. The van der Waals surface area contributed by atoms with E-state index in [1.807, 2.05) is 6.07 Å². The smallest absolute Gasteiger partial charge is 0.318 e. The fourth-order valence-corrected chi connectivity index (χ4v) is 3.14. The summed E-state index contributed by atoms with van der Waals surface area (Å²) in [7, 11) is 1.34. The summed E-state index contributed by atoms with van der Waals surface area (Å²) in [6, 6.07) is 16.1. The van der Waals surface area contributed by atoms with Crippen LogP contribution in [0.3, 0.4) is 0 Å². The lowest BCUT2D eigenvalue weighted by atomic mass is 10.1. The number of nitrogens with zero attached hydrogens (tertiary/aromatic N) is 3. The number of carbonyl (C=O) groups excluding carboxylic acids is 1. The Morgan fingerprint density at radius 1 is 1.00 bits per heavy atom. The van der Waals surface area contributed by atoms with Gasteiger partial charge in [-0.15, -0.1) is 0 Å². The van der Waals surface area contributed by atoms with Gasteiger partial charge in [-0.2, -0.15) is 5.26 Å². The Morgan fingerprint density at radius 3 is 2.29 bits per heavy atom. The second-order valence-corrected chi connectivity index (χ2v) is 7.73. The Balaban J connectivity index is 1.87. The molecule has 0 aliphatic heterocycles. The molecular formula is C23H15BrN4O7. The van der Waals surface area contributed by atoms with Crippen LogP contribution in [0.5, 0.6) is 17.2 Å². The number of ether oxygens (including phenoxy) is 2. The Morgan fingerprint density at radius 2 is 1.69 bits per heavy atom. The third-order valence-electron chi connectivity index (χ3n) is 4.54. The largest absolute Gasteiger partial charge is 0.493 e. The summed E-state index contributed by atoms with van der Waals surface area (Å²) in [5, 5.41) is 34.3. The molecular weight excluding hydrogens is 524 g/mol. The van der Waals surface area contributed by atoms with Crippen molar-refractivity contribution in [1.82, 2.24) is 0 Å². The highest BCUT2D eigenvalue weighted by Crippen LogP contribution is 2.38. The zero-order valence-electron chi connectivity index (χ0n) is 17.9. The number of halogens is 1. The zero-order chi connectivity index (χ0) is 25.5. The second kappa shape index (κ2) is 10.9. The molecule has 0 aromatic heterocycles. The summed E-state index contributed by atoms with van der Waals surface area (Å²) >= 11 is 3.30. The van der Waals surface area contributed by atoms with E-state index in [0.717, 1.165) is 22.7 Å². The molecule has 0 radical (unpaired) electrons. The Hall–Kier alpha value is -4.76. The SMILES string of the molecule is COc1cc(/C=C(/C#N)C(=O)Nc2ccc(Br)cc2)ccc1Oc1ccc([N+](=O)[O-])cc1[N+](=O)[O-]. The molecule has 3 rings (SSSR count). The van der Waals surface area contributed by atoms with E-state index in [-0.39, 0.29) is 22.8 Å². The molecule has 11 nitrogen and oxygen atoms in total. The molecule has 0 aliphatic carbocycles. The molecule has 3 aromatic carbocycles. The lowest BCUT2D eigenvalue weighted by Gasteiger charge is -2.11. The molecule has 0 saturated carbocycles. The molecule has 0 unspecified atom stereocenters. The molecule has 0 spiro atoms. The van der Waals surface area contributed by atoms with Crippen LogP contribution in [0, 0.1) is 31.6 Å². The van der Waals surface area contributed by atoms with Crippen molar-refractivity contribution in [3.63, 3.8) is 0 Å². The summed E-state index contributed by atoms with van der Waals surface area (Å²) in [5.41, 5.74) is -0.293. The molecule has 0 atom stereocenters. The number of hydrogen-bond acceptors (Lipinski definition) is 8. The molecule has 176 valence electrons. The van der Waals surface area contributed by atoms with Crippen molar-refractivity contribution in [3.8, 4) is 23.3 Å². The zero-order valence-corrected chi connectivity index (χ0v) is 19.5. The van der Waals surface area contributed by atoms with Gasteiger partial charge in [0.15, 0.2) is 11.5 Å². The predicted octanol–water partition coefficient (Wildman–Crippen LogP) is 5.61. The van der Waals surface area contributed by atoms with Crippen LogP contribution in [0.4, 0.5) is 17.1 Å². The van der Waals surface area contributed by atoms with Crippen LogP contribution in [-0.4, -0.2) is 22.9 Å². The van der Waals surface area contributed by atoms with Gasteiger partial charge in [-0.1, -0.05) is 22.0 Å². The van der Waals surface area contributed by atoms with Crippen molar-refractivity contribution < 1.29 is 24.1 Å². The first-order valence-electron chi connectivity index (χ1n) is 9.69. The number of nitriles is 1. The van der Waals surface area contributed by atoms with Gasteiger partial charge in [-0.05, 0) is 54.1 Å². The van der Waals surface area contributed by atoms with Gasteiger partial charge in [0.1, 0.15) is 11.6 Å². The van der Waals surface area contributed by atoms with E-state index in [9.17, 15) is 30.3 Å². The van der Waals surface area contributed by atoms with E-state index in [1.165, 1.54) is 31.4 Å². The normalized spacial score (nSPS) is 10.7. The first kappa shape index (κ1) is 24.9. The fourth-order valence-electron chi connectivity index (χ4n) is 2.87. The molecule has 0 bridgehead atoms. The minimum atomic E-state index is -0.796. The number of nitrogens with one attached hydrogen (secondary N) is 1. The van der Waals surface area contributed by atoms with Gasteiger partial charge in [-0.25, -0.2) is 0 Å². The maximum absolute atomic E-state index is 12.5. The van der Waals surface area contributed by atoms with Crippen molar-refractivity contribution in [1.29, 1.82) is 5.26 Å². The maximum atomic E-state index is 12.5. The van der Waals surface area contributed by atoms with Crippen molar-refractivity contribution in [2.75, 3.05) is 12.4 Å². The number of non-ortho nitro benzene ring substituents is 1. The van der Waals surface area contributed by atoms with Gasteiger partial charge in [0.25, 0.3) is 11.6 Å². The molecule has 3 aromatic rings. The van der Waals surface area contributed by atoms with Gasteiger partial charge in [-0.3, -0.25) is 25.0 Å². The number of carbonyl (C=O) groups is 1. The average molecular weight is 539 g/mol. The number of nitro groups is 2. The van der Waals surface area contributed by atoms with E-state index in [0.29, 0.717) is 11.3 Å². The first-order valence-corrected chi connectivity index (χ1v) is 10.5. The summed E-state index contributed by atoms with van der Waals surface area (Å²) in [6.07, 6.45) is 1.34. The number of nitro benzene ring substituents is 2. The van der Waals surface area contributed by atoms with Crippen molar-refractivity contribution in [2.45, 2.75) is 0 Å². The number of rotatable bonds is 8. The number of hydrogen-bond donors (Lipinski definition) is 1. The Bertz CT molecular complexity index is 1380. The van der Waals surface area contributed by atoms with Gasteiger partial charge in [0, 0.05) is 16.2 Å². The minimum Gasteiger partial charge on any atom is -0.493 e. The van der Waals surface area contributed by atoms with E-state index in [2.05, 4.69) is 21.2 Å². The van der Waals surface area contributed by atoms with Crippen molar-refractivity contribution in [3.05, 3.63) is 96.5 Å². The molecule has 1 amide bonds. The molecule has 0 saturated heterocycles. The average Bonchev–Trinajstić information content (AvgIpc) is 2.84. The first-order chi connectivity index (χ1) is 16.7. The van der Waals surface area contributed by atoms with Gasteiger partial charge >= 0.3 is 5.69 Å². The third kappa shape index (κ3) is 6.18. The lowest BCUT2D eigenvalue weighted by Crippen LogP contribution is -2.13. The topological polar surface area (TPSA) is 158 Å². The summed E-state index contributed by atoms with van der Waals surface area (Å²) in [6.45, 7) is 0. The number of anilines is 1. The Labute approximate surface area is 206 Å². The molecule has 1 N–H and O–H groups in total. The van der Waals surface area contributed by atoms with Crippen LogP contribution in [0.1, 0.15) is 5.56 Å². The maximum Gasteiger partial charge on any atom is 0.318 e. The molecule has 12 heteroatoms. The van der Waals surface area contributed by atoms with Crippen LogP contribution < -0.4 is 14.8 Å². The number of amides is 1. The van der Waals surface area contributed by atoms with Gasteiger partial charge in [0.2, 0.25) is 5.75 Å². The predicted molar refractivity (Wildman–Crippen MR) is 129 cm³/mol. The molecule has 0 heterocycles. The number of methoxy groups -OCH3 is 1. The highest BCUT2D eigenvalue weighted by Gasteiger charge is 2.22. The summed E-state index contributed by atoms with van der Waals surface area (Å²) < 4.78 is 11.7. The van der Waals surface area contributed by atoms with E-state index >= 15 is 0 Å². The van der Waals surface area contributed by atoms with Crippen LogP contribution in [-0.2, 0) is 4.79 Å². The van der Waals surface area contributed by atoms with Gasteiger partial charge in [0.05, 0.1) is 23.0 Å². The van der Waals surface area contributed by atoms with Gasteiger partial charge < -0.3 is 14.8 Å². The minimum absolute atomic E-state index is 0.0828. The third-order valence-corrected chi connectivity index (χ3v) is 5.06. The quantitative estimate of drug-likeness (QED) is 0.167. The molecule has 35 heavy (non-hydrogen) atoms. The standard InChI is InChI=1S/C23H15BrN4O7/c1-34-22-11-14(10-15(13-25)23(29)26-17-5-3-16(24)4-6-17)2-8-21(22)35-20-9-7-18(27(30)31)12-19(20)28(32)33/h2-12H,1H3,(H,26,29)/b15-10-. The molecule has 0 aliphatic rings. The van der Waals surface area contributed by atoms with Crippen LogP contribution >= 0.6 is 15.9 Å². The second-order valence-electron chi connectivity index (χ2n) is 6.81. The summed E-state index contributed by atoms with van der Waals surface area (Å²) in [4.78, 5) is 33.2. The van der Waals surface area contributed by atoms with Crippen LogP contribution in [0.2, 0.25) is 0 Å². The molecule has 0 fully saturated rings. The number of benzene rings is 3. The van der Waals surface area contributed by atoms with Crippen LogP contribution in [0.15, 0.2) is 70.7 Å². The highest BCUT2D eigenvalue weighted by molar-refractivity contribution is 9.10. The van der Waals surface area contributed by atoms with E-state index in [1.54, 1.807) is 24.3 Å². The van der Waals surface area contributed by atoms with E-state index < -0.39 is 27.1 Å². The highest BCUT2D eigenvalue weighted by atomic mass is 79.9. The Kier molecular flexibility index (Phi) is 7.75. The van der Waals surface area contributed by atoms with Crippen LogP contribution in [0.25, 0.3) is 6.08 Å². The lowest BCUT2D eigenvalue weighted by molar-refractivity contribution is -0.394. The monoisotopic (exact) mass is 538 g/mol. The van der Waals surface area contributed by atoms with Crippen molar-refractivity contribution in [2.24, 2.45) is 0 Å². The van der Waals surface area contributed by atoms with E-state index in [4.69, 9.17) is 9.47 Å². The van der Waals surface area contributed by atoms with Crippen molar-refractivity contribution >= 4 is 45.0 Å². The summed E-state index contributed by atoms with van der Waals surface area (Å²) in [5.74, 6) is -0.610.